The molecule has 0 saturated carbocycles. The third-order valence-electron chi connectivity index (χ3n) is 4.81. The molecule has 4 aromatic rings. The summed E-state index contributed by atoms with van der Waals surface area (Å²) in [6.07, 6.45) is 2.00. The molecule has 0 saturated heterocycles. The zero-order valence-electron chi connectivity index (χ0n) is 18.3. The third kappa shape index (κ3) is 4.88. The van der Waals surface area contributed by atoms with E-state index in [1.807, 2.05) is 43.3 Å². The second-order valence-electron chi connectivity index (χ2n) is 7.48. The highest BCUT2D eigenvalue weighted by atomic mass is 16.6. The Morgan fingerprint density at radius 2 is 2.00 bits per heavy atom. The van der Waals surface area contributed by atoms with E-state index in [0.29, 0.717) is 35.9 Å². The Morgan fingerprint density at radius 1 is 1.21 bits per heavy atom. The molecule has 2 aromatic carbocycles. The Labute approximate surface area is 190 Å². The number of nitriles is 1. The number of aliphatic imine (C=N–C) groups is 1. The van der Waals surface area contributed by atoms with Crippen LogP contribution in [0.5, 0.6) is 0 Å². The molecule has 1 N–H and O–H groups in total. The lowest BCUT2D eigenvalue weighted by molar-refractivity contribution is 0.0974. The van der Waals surface area contributed by atoms with Crippen molar-refractivity contribution in [3.05, 3.63) is 54.1 Å². The predicted octanol–water partition coefficient (Wildman–Crippen LogP) is 3.52. The number of carbonyl (C=O) groups excluding carboxylic acids is 1. The van der Waals surface area contributed by atoms with Crippen LogP contribution in [0.2, 0.25) is 0 Å². The summed E-state index contributed by atoms with van der Waals surface area (Å²) in [5, 5.41) is 19.7. The molecular formula is C23H22N8O2. The number of hydrogen-bond acceptors (Lipinski definition) is 8. The summed E-state index contributed by atoms with van der Waals surface area (Å²) in [6.45, 7) is 0.445. The van der Waals surface area contributed by atoms with E-state index in [0.717, 1.165) is 16.7 Å². The van der Waals surface area contributed by atoms with E-state index >= 15 is 0 Å². The van der Waals surface area contributed by atoms with Crippen LogP contribution in [-0.2, 0) is 6.54 Å². The topological polar surface area (TPSA) is 125 Å². The van der Waals surface area contributed by atoms with E-state index < -0.39 is 0 Å². The van der Waals surface area contributed by atoms with E-state index in [4.69, 9.17) is 9.89 Å². The largest absolute Gasteiger partial charge is 0.369 e. The van der Waals surface area contributed by atoms with Crippen LogP contribution in [0.1, 0.15) is 16.8 Å². The maximum atomic E-state index is 13.1. The molecule has 10 heteroatoms. The van der Waals surface area contributed by atoms with Crippen molar-refractivity contribution < 1.29 is 9.42 Å². The van der Waals surface area contributed by atoms with Crippen molar-refractivity contribution in [2.75, 3.05) is 26.0 Å². The minimum atomic E-state index is -0.0852. The van der Waals surface area contributed by atoms with Crippen molar-refractivity contribution in [3.63, 3.8) is 0 Å². The minimum Gasteiger partial charge on any atom is -0.369 e. The lowest BCUT2D eigenvalue weighted by Crippen LogP contribution is -2.12. The van der Waals surface area contributed by atoms with Crippen LogP contribution >= 0.6 is 0 Å². The van der Waals surface area contributed by atoms with Gasteiger partial charge in [0, 0.05) is 26.2 Å². The van der Waals surface area contributed by atoms with Gasteiger partial charge in [-0.1, -0.05) is 12.1 Å². The number of nitrogens with one attached hydrogen (secondary N) is 1. The van der Waals surface area contributed by atoms with Crippen LogP contribution in [0.3, 0.4) is 0 Å². The van der Waals surface area contributed by atoms with Crippen molar-refractivity contribution in [1.82, 2.24) is 24.8 Å². The quantitative estimate of drug-likeness (QED) is 0.181. The normalized spacial score (nSPS) is 11.1. The molecule has 33 heavy (non-hydrogen) atoms. The Hall–Kier alpha value is -4.52. The number of Topliss-reactive ketones (excluding diaryl/α,β-unsaturated/α-hetero) is 1. The number of carbonyl (C=O) groups is 1. The molecule has 0 aliphatic heterocycles. The van der Waals surface area contributed by atoms with Crippen LogP contribution in [0.15, 0.2) is 58.2 Å². The van der Waals surface area contributed by atoms with E-state index in [9.17, 15) is 4.79 Å². The number of imidazole rings is 1. The smallest absolute Gasteiger partial charge is 0.202 e. The SMILES string of the molecule is CN(C)/C=N\c1ccc(C(=O)Cn2c(-c3nonc3NCCC#N)nc3ccccc32)cc1. The highest BCUT2D eigenvalue weighted by molar-refractivity contribution is 5.97. The average Bonchev–Trinajstić information content (AvgIpc) is 3.42. The van der Waals surface area contributed by atoms with Crippen LogP contribution < -0.4 is 5.32 Å². The number of para-hydroxylation sites is 2. The summed E-state index contributed by atoms with van der Waals surface area (Å²) >= 11 is 0. The van der Waals surface area contributed by atoms with Gasteiger partial charge in [0.05, 0.1) is 42.1 Å². The Morgan fingerprint density at radius 3 is 2.76 bits per heavy atom. The summed E-state index contributed by atoms with van der Waals surface area (Å²) in [6, 6.07) is 16.7. The Balaban J connectivity index is 1.65. The van der Waals surface area contributed by atoms with Gasteiger partial charge in [-0.15, -0.1) is 0 Å². The second-order valence-corrected chi connectivity index (χ2v) is 7.48. The number of rotatable bonds is 9. The van der Waals surface area contributed by atoms with Gasteiger partial charge >= 0.3 is 0 Å². The molecule has 0 spiro atoms. The average molecular weight is 442 g/mol. The lowest BCUT2D eigenvalue weighted by Gasteiger charge is -2.09. The predicted molar refractivity (Wildman–Crippen MR) is 124 cm³/mol. The molecule has 0 bridgehead atoms. The van der Waals surface area contributed by atoms with Crippen LogP contribution in [0.25, 0.3) is 22.6 Å². The van der Waals surface area contributed by atoms with E-state index in [-0.39, 0.29) is 12.3 Å². The first kappa shape index (κ1) is 21.7. The summed E-state index contributed by atoms with van der Waals surface area (Å²) in [5.41, 5.74) is 3.22. The summed E-state index contributed by atoms with van der Waals surface area (Å²) < 4.78 is 6.72. The molecule has 10 nitrogen and oxygen atoms in total. The summed E-state index contributed by atoms with van der Waals surface area (Å²) in [4.78, 5) is 24.0. The molecule has 0 amide bonds. The van der Waals surface area contributed by atoms with Crippen molar-refractivity contribution in [3.8, 4) is 17.6 Å². The van der Waals surface area contributed by atoms with E-state index in [2.05, 4.69) is 31.7 Å². The number of nitrogens with zero attached hydrogens (tertiary/aromatic N) is 7. The maximum absolute atomic E-state index is 13.1. The zero-order chi connectivity index (χ0) is 23.2. The first-order chi connectivity index (χ1) is 16.1. The van der Waals surface area contributed by atoms with Crippen LogP contribution in [-0.4, -0.2) is 57.5 Å². The van der Waals surface area contributed by atoms with E-state index in [1.54, 1.807) is 35.2 Å². The van der Waals surface area contributed by atoms with Gasteiger partial charge in [-0.05, 0) is 46.7 Å². The maximum Gasteiger partial charge on any atom is 0.202 e. The Kier molecular flexibility index (Phi) is 6.40. The molecule has 0 unspecified atom stereocenters. The van der Waals surface area contributed by atoms with Gasteiger partial charge in [-0.25, -0.2) is 14.6 Å². The molecule has 2 heterocycles. The van der Waals surface area contributed by atoms with Crippen LogP contribution in [0.4, 0.5) is 11.5 Å². The summed E-state index contributed by atoms with van der Waals surface area (Å²) in [7, 11) is 3.78. The zero-order valence-corrected chi connectivity index (χ0v) is 18.3. The molecule has 0 aliphatic carbocycles. The van der Waals surface area contributed by atoms with Crippen molar-refractivity contribution in [1.29, 1.82) is 5.26 Å². The van der Waals surface area contributed by atoms with Crippen molar-refractivity contribution in [2.45, 2.75) is 13.0 Å². The molecule has 0 aliphatic rings. The minimum absolute atomic E-state index is 0.0562. The van der Waals surface area contributed by atoms with E-state index in [1.165, 1.54) is 0 Å². The van der Waals surface area contributed by atoms with Crippen molar-refractivity contribution >= 4 is 34.7 Å². The van der Waals surface area contributed by atoms with Gasteiger partial charge in [0.1, 0.15) is 0 Å². The number of fused-ring (bicyclic) bond motifs is 1. The summed E-state index contributed by atoms with van der Waals surface area (Å²) in [5.74, 6) is 0.743. The first-order valence-corrected chi connectivity index (χ1v) is 10.3. The standard InChI is InChI=1S/C23H22N8O2/c1-30(2)15-26-17-10-8-16(9-11-17)20(32)14-31-19-7-4-3-6-18(19)27-23(31)21-22(29-33-28-21)25-13-5-12-24/h3-4,6-11,15H,5,13-14H2,1-2H3,(H,25,29)/b26-15-. The third-order valence-corrected chi connectivity index (χ3v) is 4.81. The lowest BCUT2D eigenvalue weighted by atomic mass is 10.1. The van der Waals surface area contributed by atoms with Gasteiger partial charge in [0.25, 0.3) is 0 Å². The number of benzene rings is 2. The number of aromatic nitrogens is 4. The van der Waals surface area contributed by atoms with Crippen LogP contribution in [0, 0.1) is 11.3 Å². The number of ketones is 1. The van der Waals surface area contributed by atoms with Crippen molar-refractivity contribution in [2.24, 2.45) is 4.99 Å². The molecule has 0 atom stereocenters. The second kappa shape index (κ2) is 9.74. The van der Waals surface area contributed by atoms with Gasteiger partial charge in [0.15, 0.2) is 17.3 Å². The first-order valence-electron chi connectivity index (χ1n) is 10.3. The van der Waals surface area contributed by atoms with Gasteiger partial charge in [0.2, 0.25) is 5.82 Å². The number of anilines is 1. The fraction of sp³-hybridized carbons (Fsp3) is 0.217. The van der Waals surface area contributed by atoms with Gasteiger partial charge in [-0.2, -0.15) is 5.26 Å². The Bertz CT molecular complexity index is 1330. The van der Waals surface area contributed by atoms with Gasteiger partial charge in [-0.3, -0.25) is 4.79 Å². The molecule has 166 valence electrons. The molecule has 4 rings (SSSR count). The molecule has 0 radical (unpaired) electrons. The monoisotopic (exact) mass is 442 g/mol. The van der Waals surface area contributed by atoms with Gasteiger partial charge < -0.3 is 14.8 Å². The molecule has 0 fully saturated rings. The fourth-order valence-corrected chi connectivity index (χ4v) is 3.25. The highest BCUT2D eigenvalue weighted by Crippen LogP contribution is 2.28. The molecule has 2 aromatic heterocycles. The highest BCUT2D eigenvalue weighted by Gasteiger charge is 2.22. The number of hydrogen-bond donors (Lipinski definition) is 1. The fourth-order valence-electron chi connectivity index (χ4n) is 3.25. The molecular weight excluding hydrogens is 420 g/mol.